The fraction of sp³-hybridized carbons (Fsp3) is 0.800. The third-order valence-electron chi connectivity index (χ3n) is 1.13. The van der Waals surface area contributed by atoms with E-state index in [4.69, 9.17) is 5.73 Å². The molecule has 0 radical (unpaired) electrons. The summed E-state index contributed by atoms with van der Waals surface area (Å²) >= 11 is 0. The van der Waals surface area contributed by atoms with Crippen molar-refractivity contribution in [2.24, 2.45) is 5.73 Å². The molecule has 1 aliphatic rings. The molecule has 0 spiro atoms. The van der Waals surface area contributed by atoms with Crippen molar-refractivity contribution in [2.45, 2.75) is 18.9 Å². The zero-order chi connectivity index (χ0) is 5.98. The van der Waals surface area contributed by atoms with Gasteiger partial charge in [0, 0.05) is 6.04 Å². The van der Waals surface area contributed by atoms with E-state index in [9.17, 15) is 4.79 Å². The second-order valence-electron chi connectivity index (χ2n) is 2.05. The van der Waals surface area contributed by atoms with E-state index in [0.717, 1.165) is 12.8 Å². The molecular weight excluding hydrogens is 140 g/mol. The highest BCUT2D eigenvalue weighted by atomic mass is 35.5. The van der Waals surface area contributed by atoms with Crippen LogP contribution >= 0.6 is 12.4 Å². The first-order chi connectivity index (χ1) is 3.83. The Kier molecular flexibility index (Phi) is 3.58. The van der Waals surface area contributed by atoms with Crippen LogP contribution in [0.4, 0.5) is 0 Å². The molecule has 0 aromatic rings. The number of carbonyl (C=O) groups is 1. The normalized spacial score (nSPS) is 16.1. The van der Waals surface area contributed by atoms with Crippen molar-refractivity contribution in [3.8, 4) is 0 Å². The van der Waals surface area contributed by atoms with E-state index in [1.54, 1.807) is 0 Å². The standard InChI is InChI=1S/C5H10N2O.ClH/c6-3-5(8)7-4-1-2-4;/h4H,1-3,6H2,(H,7,8);1H. The van der Waals surface area contributed by atoms with Gasteiger partial charge in [0.15, 0.2) is 0 Å². The molecule has 1 aliphatic carbocycles. The van der Waals surface area contributed by atoms with Gasteiger partial charge in [-0.15, -0.1) is 12.4 Å². The van der Waals surface area contributed by atoms with Crippen LogP contribution in [-0.2, 0) is 4.79 Å². The maximum atomic E-state index is 10.4. The maximum Gasteiger partial charge on any atom is 0.233 e. The summed E-state index contributed by atoms with van der Waals surface area (Å²) in [5.41, 5.74) is 5.04. The highest BCUT2D eigenvalue weighted by Crippen LogP contribution is 2.17. The van der Waals surface area contributed by atoms with Crippen molar-refractivity contribution in [1.29, 1.82) is 0 Å². The molecule has 1 saturated carbocycles. The van der Waals surface area contributed by atoms with Crippen LogP contribution in [-0.4, -0.2) is 18.5 Å². The van der Waals surface area contributed by atoms with Crippen LogP contribution in [0.5, 0.6) is 0 Å². The minimum Gasteiger partial charge on any atom is -0.352 e. The van der Waals surface area contributed by atoms with E-state index in [0.29, 0.717) is 6.04 Å². The molecule has 3 N–H and O–H groups in total. The fourth-order valence-electron chi connectivity index (χ4n) is 0.514. The predicted octanol–water partition coefficient (Wildman–Crippen LogP) is -0.355. The lowest BCUT2D eigenvalue weighted by molar-refractivity contribution is -0.119. The summed E-state index contributed by atoms with van der Waals surface area (Å²) in [6.45, 7) is 0.122. The Balaban J connectivity index is 0.000000640. The molecule has 0 atom stereocenters. The Hall–Kier alpha value is -0.280. The molecule has 54 valence electrons. The highest BCUT2D eigenvalue weighted by Gasteiger charge is 2.22. The van der Waals surface area contributed by atoms with Gasteiger partial charge >= 0.3 is 0 Å². The number of amides is 1. The fourth-order valence-corrected chi connectivity index (χ4v) is 0.514. The summed E-state index contributed by atoms with van der Waals surface area (Å²) < 4.78 is 0. The van der Waals surface area contributed by atoms with Crippen LogP contribution < -0.4 is 11.1 Å². The number of carbonyl (C=O) groups excluding carboxylic acids is 1. The predicted molar refractivity (Wildman–Crippen MR) is 37.5 cm³/mol. The maximum absolute atomic E-state index is 10.4. The van der Waals surface area contributed by atoms with Crippen molar-refractivity contribution in [3.63, 3.8) is 0 Å². The Bertz CT molecular complexity index is 103. The Morgan fingerprint density at radius 3 is 2.56 bits per heavy atom. The zero-order valence-corrected chi connectivity index (χ0v) is 5.91. The van der Waals surface area contributed by atoms with Crippen LogP contribution in [0.3, 0.4) is 0 Å². The summed E-state index contributed by atoms with van der Waals surface area (Å²) in [4.78, 5) is 10.4. The van der Waals surface area contributed by atoms with Gasteiger partial charge in [0.05, 0.1) is 6.54 Å². The smallest absolute Gasteiger partial charge is 0.233 e. The Morgan fingerprint density at radius 1 is 1.67 bits per heavy atom. The molecule has 9 heavy (non-hydrogen) atoms. The van der Waals surface area contributed by atoms with Gasteiger partial charge < -0.3 is 11.1 Å². The number of nitrogens with one attached hydrogen (secondary N) is 1. The number of hydrogen-bond acceptors (Lipinski definition) is 2. The highest BCUT2D eigenvalue weighted by molar-refractivity contribution is 5.85. The number of nitrogens with two attached hydrogens (primary N) is 1. The first-order valence-corrected chi connectivity index (χ1v) is 2.82. The first-order valence-electron chi connectivity index (χ1n) is 2.82. The second kappa shape index (κ2) is 3.69. The summed E-state index contributed by atoms with van der Waals surface area (Å²) in [5, 5.41) is 2.74. The Labute approximate surface area is 60.4 Å². The number of rotatable bonds is 2. The number of halogens is 1. The van der Waals surface area contributed by atoms with Crippen LogP contribution in [0.25, 0.3) is 0 Å². The third-order valence-corrected chi connectivity index (χ3v) is 1.13. The first kappa shape index (κ1) is 8.72. The van der Waals surface area contributed by atoms with Gasteiger partial charge in [-0.1, -0.05) is 0 Å². The molecule has 1 fully saturated rings. The zero-order valence-electron chi connectivity index (χ0n) is 5.09. The van der Waals surface area contributed by atoms with Gasteiger partial charge in [0.1, 0.15) is 0 Å². The molecular formula is C5H11ClN2O. The van der Waals surface area contributed by atoms with Gasteiger partial charge in [0.2, 0.25) is 5.91 Å². The van der Waals surface area contributed by atoms with E-state index < -0.39 is 0 Å². The Morgan fingerprint density at radius 2 is 2.22 bits per heavy atom. The van der Waals surface area contributed by atoms with E-state index in [1.165, 1.54) is 0 Å². The molecule has 1 amide bonds. The molecule has 0 aromatic heterocycles. The second-order valence-corrected chi connectivity index (χ2v) is 2.05. The van der Waals surface area contributed by atoms with Crippen molar-refractivity contribution in [1.82, 2.24) is 5.32 Å². The third kappa shape index (κ3) is 3.32. The minimum absolute atomic E-state index is 0. The van der Waals surface area contributed by atoms with Gasteiger partial charge in [0.25, 0.3) is 0 Å². The van der Waals surface area contributed by atoms with Crippen LogP contribution in [0.15, 0.2) is 0 Å². The van der Waals surface area contributed by atoms with Crippen molar-refractivity contribution in [3.05, 3.63) is 0 Å². The van der Waals surface area contributed by atoms with E-state index in [-0.39, 0.29) is 24.9 Å². The summed E-state index contributed by atoms with van der Waals surface area (Å²) in [5.74, 6) is -0.0347. The van der Waals surface area contributed by atoms with Crippen molar-refractivity contribution >= 4 is 18.3 Å². The quantitative estimate of drug-likeness (QED) is 0.565. The molecule has 0 aromatic carbocycles. The average Bonchev–Trinajstić information content (AvgIpc) is 2.50. The lowest BCUT2D eigenvalue weighted by Crippen LogP contribution is -2.31. The van der Waals surface area contributed by atoms with Crippen LogP contribution in [0.1, 0.15) is 12.8 Å². The van der Waals surface area contributed by atoms with Crippen LogP contribution in [0.2, 0.25) is 0 Å². The summed E-state index contributed by atoms with van der Waals surface area (Å²) in [6, 6.07) is 0.450. The molecule has 0 aliphatic heterocycles. The van der Waals surface area contributed by atoms with Gasteiger partial charge in [-0.05, 0) is 12.8 Å². The molecule has 3 nitrogen and oxygen atoms in total. The summed E-state index contributed by atoms with van der Waals surface area (Å²) in [6.07, 6.45) is 2.26. The van der Waals surface area contributed by atoms with Crippen molar-refractivity contribution in [2.75, 3.05) is 6.54 Å². The lowest BCUT2D eigenvalue weighted by Gasteiger charge is -1.96. The molecule has 0 heterocycles. The molecule has 0 saturated heterocycles. The average molecular weight is 151 g/mol. The van der Waals surface area contributed by atoms with Crippen molar-refractivity contribution < 1.29 is 4.79 Å². The largest absolute Gasteiger partial charge is 0.352 e. The molecule has 0 bridgehead atoms. The molecule has 4 heteroatoms. The molecule has 1 rings (SSSR count). The SMILES string of the molecule is Cl.NCC(=O)NC1CC1. The monoisotopic (exact) mass is 150 g/mol. The minimum atomic E-state index is -0.0347. The van der Waals surface area contributed by atoms with E-state index in [1.807, 2.05) is 0 Å². The summed E-state index contributed by atoms with van der Waals surface area (Å²) in [7, 11) is 0. The van der Waals surface area contributed by atoms with Crippen LogP contribution in [0, 0.1) is 0 Å². The lowest BCUT2D eigenvalue weighted by atomic mass is 10.5. The van der Waals surface area contributed by atoms with E-state index in [2.05, 4.69) is 5.32 Å². The number of hydrogen-bond donors (Lipinski definition) is 2. The van der Waals surface area contributed by atoms with Gasteiger partial charge in [-0.25, -0.2) is 0 Å². The van der Waals surface area contributed by atoms with E-state index >= 15 is 0 Å². The van der Waals surface area contributed by atoms with Gasteiger partial charge in [-0.3, -0.25) is 4.79 Å². The molecule has 0 unspecified atom stereocenters. The topological polar surface area (TPSA) is 55.1 Å². The van der Waals surface area contributed by atoms with Gasteiger partial charge in [-0.2, -0.15) is 0 Å².